The third-order valence-corrected chi connectivity index (χ3v) is 5.06. The van der Waals surface area contributed by atoms with Crippen LogP contribution >= 0.6 is 0 Å². The Kier molecular flexibility index (Phi) is 5.76. The van der Waals surface area contributed by atoms with E-state index in [1.807, 2.05) is 6.07 Å². The number of carbonyl (C=O) groups is 2. The van der Waals surface area contributed by atoms with Crippen LogP contribution in [0, 0.1) is 24.2 Å². The van der Waals surface area contributed by atoms with Gasteiger partial charge in [-0.15, -0.1) is 0 Å². The Hall–Kier alpha value is -4.33. The van der Waals surface area contributed by atoms with Gasteiger partial charge in [0.2, 0.25) is 11.8 Å². The first-order valence-electron chi connectivity index (χ1n) is 10.00. The van der Waals surface area contributed by atoms with Crippen LogP contribution in [0.15, 0.2) is 35.3 Å². The van der Waals surface area contributed by atoms with Crippen molar-refractivity contribution < 1.29 is 9.59 Å². The van der Waals surface area contributed by atoms with Gasteiger partial charge in [-0.1, -0.05) is 0 Å². The van der Waals surface area contributed by atoms with Crippen molar-refractivity contribution in [3.63, 3.8) is 0 Å². The van der Waals surface area contributed by atoms with Gasteiger partial charge in [0.05, 0.1) is 35.8 Å². The minimum Gasteiger partial charge on any atom is -0.349 e. The van der Waals surface area contributed by atoms with Gasteiger partial charge in [-0.25, -0.2) is 4.98 Å². The SMILES string of the molecule is Cc1nc(-c2ccc(C#N)cc2NC(=O)C2CC2)cc(=O)n1CC(=O)NCc1cn[nH]n1. The summed E-state index contributed by atoms with van der Waals surface area (Å²) in [6, 6.07) is 8.17. The van der Waals surface area contributed by atoms with Gasteiger partial charge < -0.3 is 10.6 Å². The van der Waals surface area contributed by atoms with Crippen molar-refractivity contribution in [3.05, 3.63) is 57.9 Å². The molecule has 11 heteroatoms. The number of H-pyrrole nitrogens is 1. The molecule has 0 bridgehead atoms. The lowest BCUT2D eigenvalue weighted by Gasteiger charge is -2.14. The lowest BCUT2D eigenvalue weighted by Crippen LogP contribution is -2.33. The molecule has 3 aromatic rings. The second-order valence-corrected chi connectivity index (χ2v) is 7.49. The van der Waals surface area contributed by atoms with E-state index in [2.05, 4.69) is 31.0 Å². The molecule has 1 saturated carbocycles. The van der Waals surface area contributed by atoms with Crippen LogP contribution in [0.3, 0.4) is 0 Å². The highest BCUT2D eigenvalue weighted by Crippen LogP contribution is 2.33. The van der Waals surface area contributed by atoms with Crippen LogP contribution in [0.25, 0.3) is 11.3 Å². The van der Waals surface area contributed by atoms with E-state index in [-0.39, 0.29) is 30.8 Å². The van der Waals surface area contributed by atoms with Crippen molar-refractivity contribution in [2.24, 2.45) is 5.92 Å². The monoisotopic (exact) mass is 432 g/mol. The number of aromatic amines is 1. The van der Waals surface area contributed by atoms with Gasteiger partial charge in [0.1, 0.15) is 18.1 Å². The number of aryl methyl sites for hydroxylation is 1. The van der Waals surface area contributed by atoms with Crippen LogP contribution in [-0.4, -0.2) is 36.8 Å². The molecule has 1 aliphatic rings. The lowest BCUT2D eigenvalue weighted by atomic mass is 10.1. The molecule has 1 aliphatic carbocycles. The van der Waals surface area contributed by atoms with E-state index >= 15 is 0 Å². The second kappa shape index (κ2) is 8.81. The predicted octanol–water partition coefficient (Wildman–Crippen LogP) is 0.873. The maximum absolute atomic E-state index is 12.8. The third kappa shape index (κ3) is 4.70. The molecule has 0 unspecified atom stereocenters. The van der Waals surface area contributed by atoms with Crippen molar-refractivity contribution in [3.8, 4) is 17.3 Å². The molecule has 2 amide bonds. The van der Waals surface area contributed by atoms with Gasteiger partial charge in [0.15, 0.2) is 0 Å². The summed E-state index contributed by atoms with van der Waals surface area (Å²) in [4.78, 5) is 41.8. The number of benzene rings is 1. The fourth-order valence-corrected chi connectivity index (χ4v) is 3.17. The smallest absolute Gasteiger partial charge is 0.254 e. The fraction of sp³-hybridized carbons (Fsp3) is 0.286. The van der Waals surface area contributed by atoms with Gasteiger partial charge in [0.25, 0.3) is 5.56 Å². The molecule has 0 atom stereocenters. The zero-order chi connectivity index (χ0) is 22.7. The molecule has 1 fully saturated rings. The van der Waals surface area contributed by atoms with E-state index in [9.17, 15) is 19.6 Å². The lowest BCUT2D eigenvalue weighted by molar-refractivity contribution is -0.122. The van der Waals surface area contributed by atoms with E-state index in [1.165, 1.54) is 16.8 Å². The van der Waals surface area contributed by atoms with Crippen LogP contribution in [-0.2, 0) is 22.7 Å². The number of nitrogens with one attached hydrogen (secondary N) is 3. The summed E-state index contributed by atoms with van der Waals surface area (Å²) in [6.07, 6.45) is 3.17. The summed E-state index contributed by atoms with van der Waals surface area (Å²) in [5, 5.41) is 24.7. The van der Waals surface area contributed by atoms with Crippen molar-refractivity contribution >= 4 is 17.5 Å². The van der Waals surface area contributed by atoms with Crippen LogP contribution in [0.4, 0.5) is 5.69 Å². The highest BCUT2D eigenvalue weighted by molar-refractivity contribution is 5.97. The first kappa shape index (κ1) is 20.9. The predicted molar refractivity (Wildman–Crippen MR) is 113 cm³/mol. The Morgan fingerprint density at radius 1 is 1.31 bits per heavy atom. The second-order valence-electron chi connectivity index (χ2n) is 7.49. The molecular weight excluding hydrogens is 412 g/mol. The number of amides is 2. The summed E-state index contributed by atoms with van der Waals surface area (Å²) in [5.74, 6) is -0.168. The largest absolute Gasteiger partial charge is 0.349 e. The summed E-state index contributed by atoms with van der Waals surface area (Å²) in [6.45, 7) is 1.61. The highest BCUT2D eigenvalue weighted by Gasteiger charge is 2.30. The molecule has 2 aromatic heterocycles. The standard InChI is InChI=1S/C21H20N8O3/c1-12-25-18(7-20(31)29(12)11-19(30)23-9-15-10-24-28-27-15)16-5-2-13(8-22)6-17(16)26-21(32)14-3-4-14/h2,5-7,10,14H,3-4,9,11H2,1H3,(H,23,30)(H,26,32)(H,24,27,28). The Morgan fingerprint density at radius 2 is 2.12 bits per heavy atom. The maximum Gasteiger partial charge on any atom is 0.254 e. The first-order chi connectivity index (χ1) is 15.4. The normalized spacial score (nSPS) is 12.8. The van der Waals surface area contributed by atoms with Crippen molar-refractivity contribution in [1.29, 1.82) is 5.26 Å². The Labute approximate surface area is 182 Å². The minimum atomic E-state index is -0.409. The zero-order valence-electron chi connectivity index (χ0n) is 17.3. The highest BCUT2D eigenvalue weighted by atomic mass is 16.2. The zero-order valence-corrected chi connectivity index (χ0v) is 17.3. The third-order valence-electron chi connectivity index (χ3n) is 5.06. The Morgan fingerprint density at radius 3 is 2.78 bits per heavy atom. The van der Waals surface area contributed by atoms with Gasteiger partial charge >= 0.3 is 0 Å². The van der Waals surface area contributed by atoms with E-state index in [4.69, 9.17) is 0 Å². The molecule has 3 N–H and O–H groups in total. The minimum absolute atomic E-state index is 0.0213. The number of nitrogens with zero attached hydrogens (tertiary/aromatic N) is 5. The molecule has 1 aromatic carbocycles. The molecule has 4 rings (SSSR count). The fourth-order valence-electron chi connectivity index (χ4n) is 3.17. The van der Waals surface area contributed by atoms with Gasteiger partial charge in [-0.3, -0.25) is 19.0 Å². The number of nitriles is 1. The number of anilines is 1. The molecule has 11 nitrogen and oxygen atoms in total. The summed E-state index contributed by atoms with van der Waals surface area (Å²) in [5.41, 5.74) is 1.85. The van der Waals surface area contributed by atoms with E-state index in [0.717, 1.165) is 12.8 Å². The molecule has 2 heterocycles. The van der Waals surface area contributed by atoms with E-state index < -0.39 is 5.56 Å². The average Bonchev–Trinajstić information content (AvgIpc) is 3.50. The van der Waals surface area contributed by atoms with Gasteiger partial charge in [-0.05, 0) is 38.0 Å². The number of aromatic nitrogens is 5. The van der Waals surface area contributed by atoms with Crippen molar-refractivity contribution in [1.82, 2.24) is 30.3 Å². The van der Waals surface area contributed by atoms with Crippen LogP contribution in [0.2, 0.25) is 0 Å². The first-order valence-corrected chi connectivity index (χ1v) is 10.00. The van der Waals surface area contributed by atoms with E-state index in [1.54, 1.807) is 25.1 Å². The van der Waals surface area contributed by atoms with Crippen molar-refractivity contribution in [2.75, 3.05) is 5.32 Å². The maximum atomic E-state index is 12.8. The van der Waals surface area contributed by atoms with Crippen LogP contribution in [0.5, 0.6) is 0 Å². The number of hydrogen-bond donors (Lipinski definition) is 3. The Bertz CT molecular complexity index is 1270. The van der Waals surface area contributed by atoms with E-state index in [0.29, 0.717) is 34.0 Å². The van der Waals surface area contributed by atoms with Gasteiger partial charge in [0, 0.05) is 17.5 Å². The summed E-state index contributed by atoms with van der Waals surface area (Å²) < 4.78 is 1.26. The number of carbonyl (C=O) groups excluding carboxylic acids is 2. The summed E-state index contributed by atoms with van der Waals surface area (Å²) >= 11 is 0. The quantitative estimate of drug-likeness (QED) is 0.500. The average molecular weight is 432 g/mol. The molecule has 0 radical (unpaired) electrons. The van der Waals surface area contributed by atoms with Crippen molar-refractivity contribution in [2.45, 2.75) is 32.9 Å². The summed E-state index contributed by atoms with van der Waals surface area (Å²) in [7, 11) is 0. The number of hydrogen-bond acceptors (Lipinski definition) is 7. The molecule has 0 saturated heterocycles. The molecular formula is C21H20N8O3. The molecule has 162 valence electrons. The van der Waals surface area contributed by atoms with Crippen LogP contribution in [0.1, 0.15) is 29.9 Å². The molecule has 0 aliphatic heterocycles. The van der Waals surface area contributed by atoms with Crippen LogP contribution < -0.4 is 16.2 Å². The van der Waals surface area contributed by atoms with Gasteiger partial charge in [-0.2, -0.15) is 20.7 Å². The molecule has 32 heavy (non-hydrogen) atoms. The Balaban J connectivity index is 1.57. The number of rotatable bonds is 7. The topological polar surface area (TPSA) is 158 Å². The molecule has 0 spiro atoms.